The Morgan fingerprint density at radius 2 is 2.33 bits per heavy atom. The lowest BCUT2D eigenvalue weighted by atomic mass is 10.4. The molecule has 2 heterocycles. The molecule has 5 heteroatoms. The Morgan fingerprint density at radius 1 is 1.47 bits per heavy atom. The quantitative estimate of drug-likeness (QED) is 0.924. The van der Waals surface area contributed by atoms with Crippen molar-refractivity contribution in [3.63, 3.8) is 0 Å². The van der Waals surface area contributed by atoms with Crippen LogP contribution in [0.15, 0.2) is 33.5 Å². The van der Waals surface area contributed by atoms with Crippen LogP contribution in [0.5, 0.6) is 0 Å². The summed E-state index contributed by atoms with van der Waals surface area (Å²) in [5, 5.41) is 7.52. The van der Waals surface area contributed by atoms with Gasteiger partial charge in [-0.3, -0.25) is 4.68 Å². The number of rotatable bonds is 4. The van der Waals surface area contributed by atoms with Crippen LogP contribution < -0.4 is 5.32 Å². The van der Waals surface area contributed by atoms with Gasteiger partial charge in [0, 0.05) is 19.8 Å². The Hall–Kier alpha value is -1.07. The molecule has 2 aromatic heterocycles. The molecule has 2 rings (SSSR count). The van der Waals surface area contributed by atoms with E-state index in [0.717, 1.165) is 22.5 Å². The molecule has 0 radical (unpaired) electrons. The molecule has 0 saturated heterocycles. The summed E-state index contributed by atoms with van der Waals surface area (Å²) < 4.78 is 8.06. The van der Waals surface area contributed by atoms with Crippen molar-refractivity contribution >= 4 is 15.9 Å². The number of furan rings is 1. The van der Waals surface area contributed by atoms with E-state index in [0.29, 0.717) is 6.54 Å². The highest BCUT2D eigenvalue weighted by Gasteiger charge is 2.02. The molecule has 0 aliphatic rings. The fraction of sp³-hybridized carbons (Fsp3) is 0.300. The molecule has 0 fully saturated rings. The van der Waals surface area contributed by atoms with E-state index < -0.39 is 0 Å². The van der Waals surface area contributed by atoms with Crippen LogP contribution in [0.4, 0.5) is 0 Å². The van der Waals surface area contributed by atoms with Gasteiger partial charge in [0.25, 0.3) is 0 Å². The number of nitrogens with one attached hydrogen (secondary N) is 1. The Balaban J connectivity index is 1.83. The minimum atomic E-state index is 0.699. The van der Waals surface area contributed by atoms with Gasteiger partial charge >= 0.3 is 0 Å². The summed E-state index contributed by atoms with van der Waals surface area (Å²) >= 11 is 3.40. The maximum atomic E-state index is 5.27. The predicted molar refractivity (Wildman–Crippen MR) is 60.2 cm³/mol. The van der Waals surface area contributed by atoms with Gasteiger partial charge in [-0.1, -0.05) is 0 Å². The SMILES string of the molecule is Cn1ccc(CNCc2occc2Br)n1. The maximum absolute atomic E-state index is 5.27. The minimum Gasteiger partial charge on any atom is -0.467 e. The van der Waals surface area contributed by atoms with E-state index in [4.69, 9.17) is 4.42 Å². The van der Waals surface area contributed by atoms with Gasteiger partial charge in [-0.05, 0) is 28.1 Å². The fourth-order valence-electron chi connectivity index (χ4n) is 1.31. The molecule has 2 aromatic rings. The molecule has 4 nitrogen and oxygen atoms in total. The first-order valence-electron chi connectivity index (χ1n) is 4.67. The second-order valence-electron chi connectivity index (χ2n) is 3.28. The Kier molecular flexibility index (Phi) is 3.23. The molecule has 0 bridgehead atoms. The zero-order valence-electron chi connectivity index (χ0n) is 8.40. The van der Waals surface area contributed by atoms with Crippen LogP contribution >= 0.6 is 15.9 Å². The van der Waals surface area contributed by atoms with E-state index in [1.807, 2.05) is 25.4 Å². The van der Waals surface area contributed by atoms with E-state index in [1.54, 1.807) is 10.9 Å². The zero-order valence-corrected chi connectivity index (χ0v) is 9.99. The summed E-state index contributed by atoms with van der Waals surface area (Å²) in [7, 11) is 1.91. The predicted octanol–water partition coefficient (Wildman–Crippen LogP) is 2.07. The summed E-state index contributed by atoms with van der Waals surface area (Å²) in [6.45, 7) is 1.44. The summed E-state index contributed by atoms with van der Waals surface area (Å²) in [4.78, 5) is 0. The summed E-state index contributed by atoms with van der Waals surface area (Å²) in [5.41, 5.74) is 1.03. The van der Waals surface area contributed by atoms with Crippen molar-refractivity contribution in [3.8, 4) is 0 Å². The van der Waals surface area contributed by atoms with E-state index >= 15 is 0 Å². The fourth-order valence-corrected chi connectivity index (χ4v) is 1.65. The van der Waals surface area contributed by atoms with Crippen LogP contribution in [0.1, 0.15) is 11.5 Å². The highest BCUT2D eigenvalue weighted by molar-refractivity contribution is 9.10. The largest absolute Gasteiger partial charge is 0.467 e. The van der Waals surface area contributed by atoms with Crippen LogP contribution in [-0.2, 0) is 20.1 Å². The summed E-state index contributed by atoms with van der Waals surface area (Å²) in [5.74, 6) is 0.908. The molecule has 0 aromatic carbocycles. The third kappa shape index (κ3) is 2.70. The molecule has 0 aliphatic heterocycles. The van der Waals surface area contributed by atoms with Crippen molar-refractivity contribution in [1.82, 2.24) is 15.1 Å². The average molecular weight is 270 g/mol. The van der Waals surface area contributed by atoms with Crippen LogP contribution in [0.2, 0.25) is 0 Å². The lowest BCUT2D eigenvalue weighted by Crippen LogP contribution is -2.13. The van der Waals surface area contributed by atoms with Crippen LogP contribution in [-0.4, -0.2) is 9.78 Å². The topological polar surface area (TPSA) is 43.0 Å². The lowest BCUT2D eigenvalue weighted by molar-refractivity contribution is 0.479. The second kappa shape index (κ2) is 4.63. The Morgan fingerprint density at radius 3 is 2.93 bits per heavy atom. The summed E-state index contributed by atoms with van der Waals surface area (Å²) in [6.07, 6.45) is 3.60. The monoisotopic (exact) mass is 269 g/mol. The molecule has 0 amide bonds. The third-order valence-corrected chi connectivity index (χ3v) is 2.76. The molecule has 1 N–H and O–H groups in total. The molecule has 0 spiro atoms. The standard InChI is InChI=1S/C10H12BrN3O/c1-14-4-2-8(13-14)6-12-7-10-9(11)3-5-15-10/h2-5,12H,6-7H2,1H3. The number of aryl methyl sites for hydroxylation is 1. The first-order chi connectivity index (χ1) is 7.25. The van der Waals surface area contributed by atoms with Crippen molar-refractivity contribution in [1.29, 1.82) is 0 Å². The molecule has 0 atom stereocenters. The number of hydrogen-bond acceptors (Lipinski definition) is 3. The van der Waals surface area contributed by atoms with Crippen molar-refractivity contribution in [2.24, 2.45) is 7.05 Å². The molecule has 0 aliphatic carbocycles. The number of halogens is 1. The molecular weight excluding hydrogens is 258 g/mol. The molecule has 0 saturated carbocycles. The summed E-state index contributed by atoms with van der Waals surface area (Å²) in [6, 6.07) is 3.88. The molecule has 80 valence electrons. The zero-order chi connectivity index (χ0) is 10.7. The van der Waals surface area contributed by atoms with Crippen molar-refractivity contribution < 1.29 is 4.42 Å². The van der Waals surface area contributed by atoms with Crippen molar-refractivity contribution in [2.75, 3.05) is 0 Å². The number of aromatic nitrogens is 2. The molecule has 15 heavy (non-hydrogen) atoms. The van der Waals surface area contributed by atoms with Crippen molar-refractivity contribution in [3.05, 3.63) is 40.5 Å². The molecular formula is C10H12BrN3O. The normalized spacial score (nSPS) is 10.8. The van der Waals surface area contributed by atoms with E-state index in [9.17, 15) is 0 Å². The first kappa shape index (κ1) is 10.4. The van der Waals surface area contributed by atoms with Gasteiger partial charge in [-0.15, -0.1) is 0 Å². The highest BCUT2D eigenvalue weighted by atomic mass is 79.9. The molecule has 0 unspecified atom stereocenters. The van der Waals surface area contributed by atoms with E-state index in [2.05, 4.69) is 26.3 Å². The third-order valence-electron chi connectivity index (χ3n) is 2.05. The van der Waals surface area contributed by atoms with Crippen LogP contribution in [0.3, 0.4) is 0 Å². The lowest BCUT2D eigenvalue weighted by Gasteiger charge is -2.00. The number of nitrogens with zero attached hydrogens (tertiary/aromatic N) is 2. The first-order valence-corrected chi connectivity index (χ1v) is 5.46. The van der Waals surface area contributed by atoms with Gasteiger partial charge in [0.15, 0.2) is 0 Å². The smallest absolute Gasteiger partial charge is 0.131 e. The van der Waals surface area contributed by atoms with Gasteiger partial charge in [0.2, 0.25) is 0 Å². The van der Waals surface area contributed by atoms with Gasteiger partial charge in [-0.2, -0.15) is 5.10 Å². The van der Waals surface area contributed by atoms with E-state index in [1.165, 1.54) is 0 Å². The van der Waals surface area contributed by atoms with Gasteiger partial charge in [-0.25, -0.2) is 0 Å². The van der Waals surface area contributed by atoms with Crippen LogP contribution in [0, 0.1) is 0 Å². The van der Waals surface area contributed by atoms with Gasteiger partial charge in [0.1, 0.15) is 5.76 Å². The van der Waals surface area contributed by atoms with Crippen molar-refractivity contribution in [2.45, 2.75) is 13.1 Å². The van der Waals surface area contributed by atoms with Crippen LogP contribution in [0.25, 0.3) is 0 Å². The highest BCUT2D eigenvalue weighted by Crippen LogP contribution is 2.16. The second-order valence-corrected chi connectivity index (χ2v) is 4.13. The van der Waals surface area contributed by atoms with Gasteiger partial charge in [0.05, 0.1) is 23.0 Å². The maximum Gasteiger partial charge on any atom is 0.131 e. The Bertz CT molecular complexity index is 435. The minimum absolute atomic E-state index is 0.699. The Labute approximate surface area is 96.4 Å². The average Bonchev–Trinajstić information content (AvgIpc) is 2.77. The van der Waals surface area contributed by atoms with E-state index in [-0.39, 0.29) is 0 Å². The number of hydrogen-bond donors (Lipinski definition) is 1. The van der Waals surface area contributed by atoms with Gasteiger partial charge < -0.3 is 9.73 Å².